The molecule has 28 heavy (non-hydrogen) atoms. The first-order chi connectivity index (χ1) is 13.5. The van der Waals surface area contributed by atoms with Crippen molar-refractivity contribution in [3.63, 3.8) is 0 Å². The van der Waals surface area contributed by atoms with E-state index < -0.39 is 11.9 Å². The predicted molar refractivity (Wildman–Crippen MR) is 103 cm³/mol. The van der Waals surface area contributed by atoms with Gasteiger partial charge in [-0.2, -0.15) is 0 Å². The number of amides is 1. The number of nitrogens with one attached hydrogen (secondary N) is 1. The van der Waals surface area contributed by atoms with E-state index in [-0.39, 0.29) is 11.3 Å². The number of piperidine rings is 1. The minimum atomic E-state index is -0.704. The number of nitrogens with zero attached hydrogens (tertiary/aromatic N) is 2. The van der Waals surface area contributed by atoms with Gasteiger partial charge in [-0.1, -0.05) is 47.1 Å². The topological polar surface area (TPSA) is 63.2 Å². The molecule has 2 aliphatic heterocycles. The van der Waals surface area contributed by atoms with Gasteiger partial charge in [0.2, 0.25) is 0 Å². The Kier molecular flexibility index (Phi) is 5.00. The van der Waals surface area contributed by atoms with Crippen LogP contribution in [0.1, 0.15) is 30.4 Å². The summed E-state index contributed by atoms with van der Waals surface area (Å²) in [5, 5.41) is 8.30. The van der Waals surface area contributed by atoms with Crippen molar-refractivity contribution in [2.45, 2.75) is 31.8 Å². The minimum Gasteiger partial charge on any atom is -0.388 e. The summed E-state index contributed by atoms with van der Waals surface area (Å²) in [6.45, 7) is 3.11. The van der Waals surface area contributed by atoms with E-state index in [0.29, 0.717) is 25.9 Å². The molecule has 0 atom stereocenters. The number of aryl methyl sites for hydroxylation is 1. The van der Waals surface area contributed by atoms with Gasteiger partial charge in [0.05, 0.1) is 11.4 Å². The van der Waals surface area contributed by atoms with Gasteiger partial charge >= 0.3 is 6.09 Å². The van der Waals surface area contributed by atoms with Crippen LogP contribution in [0, 0.1) is 12.7 Å². The number of hydroxylamine groups is 2. The van der Waals surface area contributed by atoms with Crippen LogP contribution in [0.25, 0.3) is 0 Å². The highest BCUT2D eigenvalue weighted by atomic mass is 19.1. The Labute approximate surface area is 162 Å². The van der Waals surface area contributed by atoms with Gasteiger partial charge in [-0.25, -0.2) is 9.18 Å². The Hall–Kier alpha value is -2.93. The van der Waals surface area contributed by atoms with Gasteiger partial charge in [0.15, 0.2) is 0 Å². The van der Waals surface area contributed by atoms with Crippen molar-refractivity contribution in [3.8, 4) is 0 Å². The van der Waals surface area contributed by atoms with E-state index in [1.54, 1.807) is 17.2 Å². The summed E-state index contributed by atoms with van der Waals surface area (Å²) >= 11 is 0. The van der Waals surface area contributed by atoms with E-state index in [4.69, 9.17) is 9.68 Å². The number of carbonyl (C=O) groups excluding carboxylic acids is 1. The highest BCUT2D eigenvalue weighted by molar-refractivity contribution is 6.01. The lowest BCUT2D eigenvalue weighted by Crippen LogP contribution is -2.45. The molecule has 2 aromatic carbocycles. The largest absolute Gasteiger partial charge is 0.430 e. The molecule has 1 N–H and O–H groups in total. The van der Waals surface area contributed by atoms with E-state index in [2.05, 4.69) is 41.7 Å². The first-order valence-electron chi connectivity index (χ1n) is 9.34. The first kappa shape index (κ1) is 18.4. The molecule has 2 heterocycles. The highest BCUT2D eigenvalue weighted by Gasteiger charge is 2.43. The molecule has 0 radical (unpaired) electrons. The number of rotatable bonds is 3. The number of oxime groups is 1. The predicted octanol–water partition coefficient (Wildman–Crippen LogP) is 4.26. The van der Waals surface area contributed by atoms with Gasteiger partial charge < -0.3 is 9.68 Å². The Morgan fingerprint density at radius 1 is 1.18 bits per heavy atom. The fourth-order valence-corrected chi connectivity index (χ4v) is 3.49. The molecule has 1 fully saturated rings. The lowest BCUT2D eigenvalue weighted by molar-refractivity contribution is -0.154. The zero-order valence-corrected chi connectivity index (χ0v) is 15.7. The number of hydrogen-bond acceptors (Lipinski definition) is 5. The van der Waals surface area contributed by atoms with Crippen molar-refractivity contribution in [2.75, 3.05) is 18.4 Å². The van der Waals surface area contributed by atoms with Crippen LogP contribution in [-0.2, 0) is 9.68 Å². The smallest absolute Gasteiger partial charge is 0.388 e. The molecule has 2 aromatic rings. The maximum atomic E-state index is 13.6. The summed E-state index contributed by atoms with van der Waals surface area (Å²) in [7, 11) is 0. The van der Waals surface area contributed by atoms with Gasteiger partial charge in [-0.3, -0.25) is 5.32 Å². The van der Waals surface area contributed by atoms with Crippen LogP contribution in [0.5, 0.6) is 0 Å². The quantitative estimate of drug-likeness (QED) is 0.860. The average Bonchev–Trinajstić information content (AvgIpc) is 3.10. The number of benzene rings is 2. The van der Waals surface area contributed by atoms with E-state index in [9.17, 15) is 9.18 Å². The molecule has 0 aliphatic carbocycles. The van der Waals surface area contributed by atoms with Crippen molar-refractivity contribution < 1.29 is 18.9 Å². The third-order valence-corrected chi connectivity index (χ3v) is 5.18. The Morgan fingerprint density at radius 2 is 1.89 bits per heavy atom. The maximum absolute atomic E-state index is 13.6. The molecule has 146 valence electrons. The lowest BCUT2D eigenvalue weighted by Gasteiger charge is -2.35. The van der Waals surface area contributed by atoms with Crippen molar-refractivity contribution in [1.29, 1.82) is 0 Å². The van der Waals surface area contributed by atoms with Gasteiger partial charge in [-0.15, -0.1) is 5.06 Å². The van der Waals surface area contributed by atoms with Crippen LogP contribution in [0.4, 0.5) is 14.9 Å². The molecule has 0 saturated carbocycles. The van der Waals surface area contributed by atoms with Crippen molar-refractivity contribution in [3.05, 3.63) is 65.5 Å². The fraction of sp³-hybridized carbons (Fsp3) is 0.333. The second-order valence-corrected chi connectivity index (χ2v) is 7.27. The molecule has 0 bridgehead atoms. The minimum absolute atomic E-state index is 0.0937. The number of halogens is 1. The van der Waals surface area contributed by atoms with Crippen LogP contribution < -0.4 is 5.32 Å². The molecular formula is C21H22FN3O3. The van der Waals surface area contributed by atoms with Crippen LogP contribution in [0.3, 0.4) is 0 Å². The van der Waals surface area contributed by atoms with Gasteiger partial charge in [0, 0.05) is 32.4 Å². The second-order valence-electron chi connectivity index (χ2n) is 7.27. The van der Waals surface area contributed by atoms with Crippen molar-refractivity contribution in [2.24, 2.45) is 5.16 Å². The fourth-order valence-electron chi connectivity index (χ4n) is 3.49. The summed E-state index contributed by atoms with van der Waals surface area (Å²) in [5.41, 5.74) is 2.98. The Morgan fingerprint density at radius 3 is 2.61 bits per heavy atom. The van der Waals surface area contributed by atoms with E-state index in [0.717, 1.165) is 17.7 Å². The van der Waals surface area contributed by atoms with E-state index in [1.807, 2.05) is 0 Å². The Bertz CT molecular complexity index is 890. The second kappa shape index (κ2) is 7.59. The van der Waals surface area contributed by atoms with Gasteiger partial charge in [-0.05, 0) is 24.6 Å². The molecule has 1 saturated heterocycles. The summed E-state index contributed by atoms with van der Waals surface area (Å²) in [6.07, 6.45) is 1.42. The Balaban J connectivity index is 1.29. The van der Waals surface area contributed by atoms with Gasteiger partial charge in [0.25, 0.3) is 0 Å². The molecule has 0 unspecified atom stereocenters. The van der Waals surface area contributed by atoms with Crippen molar-refractivity contribution in [1.82, 2.24) is 5.06 Å². The van der Waals surface area contributed by atoms with Gasteiger partial charge in [0.1, 0.15) is 11.4 Å². The van der Waals surface area contributed by atoms with Crippen LogP contribution in [0.2, 0.25) is 0 Å². The van der Waals surface area contributed by atoms with E-state index in [1.165, 1.54) is 17.7 Å². The third kappa shape index (κ3) is 3.99. The zero-order valence-electron chi connectivity index (χ0n) is 15.7. The summed E-state index contributed by atoms with van der Waals surface area (Å²) in [6, 6.07) is 14.2. The first-order valence-corrected chi connectivity index (χ1v) is 9.34. The lowest BCUT2D eigenvalue weighted by atomic mass is 9.86. The summed E-state index contributed by atoms with van der Waals surface area (Å²) in [4.78, 5) is 23.1. The van der Waals surface area contributed by atoms with E-state index >= 15 is 0 Å². The standard InChI is InChI=1S/C21H22FN3O3/c1-15-6-8-16(9-7-15)19-14-21(28-24-19)10-12-25(13-11-21)27-20(26)23-18-5-3-2-4-17(18)22/h2-9H,10-14H2,1H3,(H,23,26). The molecule has 1 spiro atoms. The normalized spacial score (nSPS) is 18.4. The monoisotopic (exact) mass is 383 g/mol. The SMILES string of the molecule is Cc1ccc(C2=NOC3(CCN(OC(=O)Nc4ccccc4F)CC3)C2)cc1. The average molecular weight is 383 g/mol. The molecule has 2 aliphatic rings. The molecule has 6 nitrogen and oxygen atoms in total. The number of para-hydroxylation sites is 1. The van der Waals surface area contributed by atoms with Crippen LogP contribution in [-0.4, -0.2) is 35.6 Å². The molecule has 7 heteroatoms. The summed E-state index contributed by atoms with van der Waals surface area (Å²) in [5.74, 6) is -0.503. The zero-order chi connectivity index (χ0) is 19.6. The van der Waals surface area contributed by atoms with Crippen LogP contribution >= 0.6 is 0 Å². The number of hydrogen-bond donors (Lipinski definition) is 1. The molecule has 4 rings (SSSR count). The highest BCUT2D eigenvalue weighted by Crippen LogP contribution is 2.36. The molecule has 0 aromatic heterocycles. The number of carbonyl (C=O) groups is 1. The maximum Gasteiger partial charge on any atom is 0.430 e. The number of anilines is 1. The summed E-state index contributed by atoms with van der Waals surface area (Å²) < 4.78 is 13.6. The van der Waals surface area contributed by atoms with Crippen LogP contribution in [0.15, 0.2) is 53.7 Å². The van der Waals surface area contributed by atoms with Crippen molar-refractivity contribution >= 4 is 17.5 Å². The molecule has 1 amide bonds. The molecular weight excluding hydrogens is 361 g/mol. The third-order valence-electron chi connectivity index (χ3n) is 5.18.